The molecule has 1 aliphatic rings. The van der Waals surface area contributed by atoms with Crippen LogP contribution in [0.2, 0.25) is 5.02 Å². The normalized spacial score (nSPS) is 12.8. The van der Waals surface area contributed by atoms with E-state index in [9.17, 15) is 4.79 Å². The zero-order valence-electron chi connectivity index (χ0n) is 16.3. The van der Waals surface area contributed by atoms with E-state index in [4.69, 9.17) is 20.8 Å². The summed E-state index contributed by atoms with van der Waals surface area (Å²) < 4.78 is 11.7. The van der Waals surface area contributed by atoms with Crippen LogP contribution in [-0.2, 0) is 4.79 Å². The fourth-order valence-corrected chi connectivity index (χ4v) is 3.73. The number of hydrogen-bond donors (Lipinski definition) is 1. The fraction of sp³-hybridized carbons (Fsp3) is 0.0400. The summed E-state index contributed by atoms with van der Waals surface area (Å²) in [6, 6.07) is 26.0. The van der Waals surface area contributed by atoms with E-state index in [1.165, 1.54) is 6.21 Å². The van der Waals surface area contributed by atoms with Crippen LogP contribution in [0.1, 0.15) is 22.8 Å². The van der Waals surface area contributed by atoms with Gasteiger partial charge in [-0.1, -0.05) is 48.0 Å². The Morgan fingerprint density at radius 1 is 0.871 bits per heavy atom. The van der Waals surface area contributed by atoms with Crippen molar-refractivity contribution in [2.45, 2.75) is 5.92 Å². The van der Waals surface area contributed by atoms with Gasteiger partial charge in [-0.25, -0.2) is 5.43 Å². The molecule has 0 bridgehead atoms. The number of carbonyl (C=O) groups is 1. The van der Waals surface area contributed by atoms with Crippen LogP contribution in [0.4, 0.5) is 0 Å². The summed E-state index contributed by atoms with van der Waals surface area (Å²) in [5, 5.41) is 4.77. The third-order valence-electron chi connectivity index (χ3n) is 5.06. The van der Waals surface area contributed by atoms with Crippen LogP contribution in [0, 0.1) is 0 Å². The highest BCUT2D eigenvalue weighted by molar-refractivity contribution is 6.30. The molecule has 0 saturated heterocycles. The Bertz CT molecular complexity index is 1230. The molecule has 6 heteroatoms. The number of nitrogens with zero attached hydrogens (tertiary/aromatic N) is 1. The summed E-state index contributed by atoms with van der Waals surface area (Å²) in [5.74, 6) is 1.80. The van der Waals surface area contributed by atoms with Crippen LogP contribution < -0.4 is 10.2 Å². The highest BCUT2D eigenvalue weighted by Gasteiger charge is 2.32. The van der Waals surface area contributed by atoms with Crippen molar-refractivity contribution in [3.05, 3.63) is 107 Å². The highest BCUT2D eigenvalue weighted by atomic mass is 35.5. The van der Waals surface area contributed by atoms with Crippen LogP contribution in [-0.4, -0.2) is 12.1 Å². The maximum absolute atomic E-state index is 13.0. The number of para-hydroxylation sites is 2. The SMILES string of the molecule is O=C(NN=Cc1ccc(-c2ccc(Cl)cc2)o1)C1c2ccccc2Oc2ccccc21. The molecule has 0 unspecified atom stereocenters. The molecular formula is C25H17ClN2O3. The van der Waals surface area contributed by atoms with Crippen molar-refractivity contribution in [1.82, 2.24) is 5.43 Å². The summed E-state index contributed by atoms with van der Waals surface area (Å²) in [6.45, 7) is 0. The van der Waals surface area contributed by atoms with Crippen LogP contribution in [0.3, 0.4) is 0 Å². The summed E-state index contributed by atoms with van der Waals surface area (Å²) in [5.41, 5.74) is 5.15. The molecule has 31 heavy (non-hydrogen) atoms. The van der Waals surface area contributed by atoms with Crippen molar-refractivity contribution >= 4 is 23.7 Å². The van der Waals surface area contributed by atoms with Gasteiger partial charge in [0.25, 0.3) is 5.91 Å². The predicted octanol–water partition coefficient (Wildman–Crippen LogP) is 5.99. The third kappa shape index (κ3) is 3.83. The molecule has 5 rings (SSSR count). The molecule has 0 atom stereocenters. The number of rotatable bonds is 4. The molecule has 1 aromatic heterocycles. The van der Waals surface area contributed by atoms with Gasteiger partial charge in [0, 0.05) is 21.7 Å². The molecule has 2 heterocycles. The number of halogens is 1. The molecular weight excluding hydrogens is 412 g/mol. The summed E-state index contributed by atoms with van der Waals surface area (Å²) in [7, 11) is 0. The van der Waals surface area contributed by atoms with Crippen molar-refractivity contribution in [2.75, 3.05) is 0 Å². The Kier molecular flexibility index (Phi) is 5.02. The Balaban J connectivity index is 1.35. The van der Waals surface area contributed by atoms with E-state index >= 15 is 0 Å². The zero-order chi connectivity index (χ0) is 21.2. The van der Waals surface area contributed by atoms with E-state index < -0.39 is 5.92 Å². The van der Waals surface area contributed by atoms with E-state index in [1.807, 2.05) is 66.7 Å². The number of furan rings is 1. The maximum atomic E-state index is 13.0. The van der Waals surface area contributed by atoms with Gasteiger partial charge < -0.3 is 9.15 Å². The summed E-state index contributed by atoms with van der Waals surface area (Å²) in [4.78, 5) is 13.0. The maximum Gasteiger partial charge on any atom is 0.252 e. The molecule has 3 aromatic carbocycles. The molecule has 0 spiro atoms. The largest absolute Gasteiger partial charge is 0.457 e. The highest BCUT2D eigenvalue weighted by Crippen LogP contribution is 2.43. The Labute approximate surface area is 183 Å². The molecule has 1 N–H and O–H groups in total. The number of fused-ring (bicyclic) bond motifs is 2. The minimum Gasteiger partial charge on any atom is -0.457 e. The van der Waals surface area contributed by atoms with Crippen LogP contribution >= 0.6 is 11.6 Å². The zero-order valence-corrected chi connectivity index (χ0v) is 17.0. The molecule has 1 aliphatic heterocycles. The second-order valence-electron chi connectivity index (χ2n) is 7.05. The lowest BCUT2D eigenvalue weighted by atomic mass is 9.87. The number of ether oxygens (including phenoxy) is 1. The molecule has 1 amide bonds. The number of hydrazone groups is 1. The first-order valence-corrected chi connectivity index (χ1v) is 10.1. The minimum absolute atomic E-state index is 0.246. The van der Waals surface area contributed by atoms with Crippen molar-refractivity contribution in [2.24, 2.45) is 5.10 Å². The number of nitrogens with one attached hydrogen (secondary N) is 1. The van der Waals surface area contributed by atoms with Crippen molar-refractivity contribution in [3.63, 3.8) is 0 Å². The lowest BCUT2D eigenvalue weighted by Gasteiger charge is -2.26. The Morgan fingerprint density at radius 3 is 2.19 bits per heavy atom. The lowest BCUT2D eigenvalue weighted by molar-refractivity contribution is -0.121. The van der Waals surface area contributed by atoms with Crippen molar-refractivity contribution in [1.29, 1.82) is 0 Å². The van der Waals surface area contributed by atoms with E-state index in [0.29, 0.717) is 28.0 Å². The molecule has 152 valence electrons. The standard InChI is InChI=1S/C25H17ClN2O3/c26-17-11-9-16(10-12-17)21-14-13-18(30-21)15-27-28-25(29)24-19-5-1-3-7-22(19)31-23-8-4-2-6-20(23)24/h1-15,24H,(H,28,29). The number of amides is 1. The molecule has 0 saturated carbocycles. The van der Waals surface area contributed by atoms with Crippen LogP contribution in [0.5, 0.6) is 11.5 Å². The average molecular weight is 429 g/mol. The van der Waals surface area contributed by atoms with Crippen LogP contribution in [0.15, 0.2) is 94.4 Å². The molecule has 0 radical (unpaired) electrons. The van der Waals surface area contributed by atoms with E-state index in [-0.39, 0.29) is 5.91 Å². The van der Waals surface area contributed by atoms with E-state index in [1.54, 1.807) is 18.2 Å². The lowest BCUT2D eigenvalue weighted by Crippen LogP contribution is -2.28. The first-order valence-electron chi connectivity index (χ1n) is 9.73. The van der Waals surface area contributed by atoms with Gasteiger partial charge in [0.05, 0.1) is 12.1 Å². The van der Waals surface area contributed by atoms with Gasteiger partial charge in [0.15, 0.2) is 0 Å². The van der Waals surface area contributed by atoms with Gasteiger partial charge in [-0.3, -0.25) is 4.79 Å². The summed E-state index contributed by atoms with van der Waals surface area (Å²) in [6.07, 6.45) is 1.48. The van der Waals surface area contributed by atoms with Gasteiger partial charge in [-0.2, -0.15) is 5.10 Å². The number of carbonyl (C=O) groups excluding carboxylic acids is 1. The smallest absolute Gasteiger partial charge is 0.252 e. The first kappa shape index (κ1) is 19.2. The Hall–Kier alpha value is -3.83. The second-order valence-corrected chi connectivity index (χ2v) is 7.49. The molecule has 4 aromatic rings. The average Bonchev–Trinajstić information content (AvgIpc) is 3.26. The molecule has 5 nitrogen and oxygen atoms in total. The third-order valence-corrected chi connectivity index (χ3v) is 5.32. The minimum atomic E-state index is -0.514. The predicted molar refractivity (Wildman–Crippen MR) is 120 cm³/mol. The summed E-state index contributed by atoms with van der Waals surface area (Å²) >= 11 is 5.93. The van der Waals surface area contributed by atoms with E-state index in [2.05, 4.69) is 10.5 Å². The Morgan fingerprint density at radius 2 is 1.52 bits per heavy atom. The van der Waals surface area contributed by atoms with Gasteiger partial charge in [0.1, 0.15) is 23.0 Å². The first-order chi connectivity index (χ1) is 15.2. The van der Waals surface area contributed by atoms with Crippen molar-refractivity contribution < 1.29 is 13.9 Å². The number of benzene rings is 3. The number of hydrogen-bond acceptors (Lipinski definition) is 4. The fourth-order valence-electron chi connectivity index (χ4n) is 3.61. The van der Waals surface area contributed by atoms with Gasteiger partial charge in [-0.05, 0) is 48.5 Å². The quantitative estimate of drug-likeness (QED) is 0.321. The van der Waals surface area contributed by atoms with Crippen molar-refractivity contribution in [3.8, 4) is 22.8 Å². The van der Waals surface area contributed by atoms with Gasteiger partial charge in [-0.15, -0.1) is 0 Å². The van der Waals surface area contributed by atoms with E-state index in [0.717, 1.165) is 16.7 Å². The second kappa shape index (κ2) is 8.13. The van der Waals surface area contributed by atoms with Crippen LogP contribution in [0.25, 0.3) is 11.3 Å². The monoisotopic (exact) mass is 428 g/mol. The van der Waals surface area contributed by atoms with Gasteiger partial charge >= 0.3 is 0 Å². The topological polar surface area (TPSA) is 63.8 Å². The van der Waals surface area contributed by atoms with Gasteiger partial charge in [0.2, 0.25) is 0 Å². The molecule has 0 fully saturated rings. The molecule has 0 aliphatic carbocycles.